The van der Waals surface area contributed by atoms with Crippen LogP contribution >= 0.6 is 15.9 Å². The molecule has 0 bridgehead atoms. The van der Waals surface area contributed by atoms with Crippen molar-refractivity contribution in [3.63, 3.8) is 0 Å². The number of nitrogens with one attached hydrogen (secondary N) is 1. The van der Waals surface area contributed by atoms with Crippen LogP contribution in [-0.4, -0.2) is 24.3 Å². The third-order valence-corrected chi connectivity index (χ3v) is 2.59. The largest absolute Gasteiger partial charge is 0.395 e. The summed E-state index contributed by atoms with van der Waals surface area (Å²) in [5, 5.41) is 11.9. The van der Waals surface area contributed by atoms with Crippen molar-refractivity contribution >= 4 is 15.9 Å². The lowest BCUT2D eigenvalue weighted by molar-refractivity contribution is 0.285. The maximum absolute atomic E-state index is 8.65. The summed E-state index contributed by atoms with van der Waals surface area (Å²) in [7, 11) is 0. The average Bonchev–Trinajstić information content (AvgIpc) is 2.18. The van der Waals surface area contributed by atoms with Gasteiger partial charge in [0.15, 0.2) is 0 Å². The number of hydrogen-bond donors (Lipinski definition) is 2. The molecule has 0 spiro atoms. The zero-order valence-electron chi connectivity index (χ0n) is 8.33. The van der Waals surface area contributed by atoms with Crippen LogP contribution in [0.5, 0.6) is 0 Å². The Labute approximate surface area is 93.5 Å². The number of aliphatic hydroxyl groups excluding tert-OH is 1. The Morgan fingerprint density at radius 3 is 2.57 bits per heavy atom. The van der Waals surface area contributed by atoms with Crippen LogP contribution < -0.4 is 5.32 Å². The summed E-state index contributed by atoms with van der Waals surface area (Å²) in [6.07, 6.45) is 0.993. The van der Waals surface area contributed by atoms with Crippen LogP contribution in [0.15, 0.2) is 28.7 Å². The van der Waals surface area contributed by atoms with E-state index in [2.05, 4.69) is 40.3 Å². The van der Waals surface area contributed by atoms with Gasteiger partial charge in [-0.05, 0) is 31.0 Å². The molecule has 14 heavy (non-hydrogen) atoms. The molecule has 0 aliphatic heterocycles. The van der Waals surface area contributed by atoms with Crippen LogP contribution in [0.1, 0.15) is 12.5 Å². The predicted molar refractivity (Wildman–Crippen MR) is 62.4 cm³/mol. The number of hydrogen-bond acceptors (Lipinski definition) is 2. The molecule has 0 heterocycles. The highest BCUT2D eigenvalue weighted by Gasteiger charge is 2.01. The molecule has 1 rings (SSSR count). The molecule has 0 saturated carbocycles. The van der Waals surface area contributed by atoms with Gasteiger partial charge in [0.25, 0.3) is 0 Å². The van der Waals surface area contributed by atoms with Gasteiger partial charge in [-0.15, -0.1) is 0 Å². The van der Waals surface area contributed by atoms with E-state index < -0.39 is 0 Å². The van der Waals surface area contributed by atoms with Gasteiger partial charge in [0.2, 0.25) is 0 Å². The summed E-state index contributed by atoms with van der Waals surface area (Å²) in [6, 6.07) is 8.73. The van der Waals surface area contributed by atoms with E-state index in [1.165, 1.54) is 5.56 Å². The first-order valence-electron chi connectivity index (χ1n) is 4.81. The van der Waals surface area contributed by atoms with Crippen molar-refractivity contribution in [2.45, 2.75) is 19.4 Å². The van der Waals surface area contributed by atoms with E-state index in [1.807, 2.05) is 12.1 Å². The SMILES string of the molecule is CC(Cc1ccc(Br)cc1)NCCO. The van der Waals surface area contributed by atoms with Crippen LogP contribution in [0, 0.1) is 0 Å². The molecule has 1 unspecified atom stereocenters. The van der Waals surface area contributed by atoms with Gasteiger partial charge in [0.05, 0.1) is 6.61 Å². The Bertz CT molecular complexity index is 260. The summed E-state index contributed by atoms with van der Waals surface area (Å²) in [5.74, 6) is 0. The number of halogens is 1. The topological polar surface area (TPSA) is 32.3 Å². The smallest absolute Gasteiger partial charge is 0.0556 e. The molecule has 0 fully saturated rings. The fraction of sp³-hybridized carbons (Fsp3) is 0.455. The van der Waals surface area contributed by atoms with Crippen LogP contribution in [-0.2, 0) is 6.42 Å². The van der Waals surface area contributed by atoms with Crippen molar-refractivity contribution in [1.82, 2.24) is 5.32 Å². The lowest BCUT2D eigenvalue weighted by Gasteiger charge is -2.12. The standard InChI is InChI=1S/C11H16BrNO/c1-9(13-6-7-14)8-10-2-4-11(12)5-3-10/h2-5,9,13-14H,6-8H2,1H3. The normalized spacial score (nSPS) is 12.8. The van der Waals surface area contributed by atoms with Gasteiger partial charge in [0, 0.05) is 17.1 Å². The molecule has 2 nitrogen and oxygen atoms in total. The van der Waals surface area contributed by atoms with Crippen molar-refractivity contribution in [3.8, 4) is 0 Å². The third-order valence-electron chi connectivity index (χ3n) is 2.06. The molecule has 2 N–H and O–H groups in total. The quantitative estimate of drug-likeness (QED) is 0.846. The van der Waals surface area contributed by atoms with Gasteiger partial charge in [0.1, 0.15) is 0 Å². The van der Waals surface area contributed by atoms with E-state index in [0.29, 0.717) is 12.6 Å². The Morgan fingerprint density at radius 2 is 2.00 bits per heavy atom. The minimum atomic E-state index is 0.199. The number of benzene rings is 1. The van der Waals surface area contributed by atoms with E-state index in [4.69, 9.17) is 5.11 Å². The van der Waals surface area contributed by atoms with E-state index >= 15 is 0 Å². The minimum absolute atomic E-state index is 0.199. The molecule has 1 aromatic carbocycles. The number of aliphatic hydroxyl groups is 1. The molecule has 1 atom stereocenters. The summed E-state index contributed by atoms with van der Waals surface area (Å²) >= 11 is 3.40. The Balaban J connectivity index is 2.39. The van der Waals surface area contributed by atoms with Gasteiger partial charge < -0.3 is 10.4 Å². The molecular formula is C11H16BrNO. The summed E-state index contributed by atoms with van der Waals surface area (Å²) < 4.78 is 1.11. The Hall–Kier alpha value is -0.380. The third kappa shape index (κ3) is 4.22. The van der Waals surface area contributed by atoms with Crippen LogP contribution in [0.4, 0.5) is 0 Å². The predicted octanol–water partition coefficient (Wildman–Crippen LogP) is 1.96. The van der Waals surface area contributed by atoms with Crippen LogP contribution in [0.25, 0.3) is 0 Å². The second-order valence-corrected chi connectivity index (χ2v) is 4.33. The van der Waals surface area contributed by atoms with Crippen molar-refractivity contribution in [1.29, 1.82) is 0 Å². The molecule has 0 saturated heterocycles. The van der Waals surface area contributed by atoms with Crippen molar-refractivity contribution < 1.29 is 5.11 Å². The molecule has 0 aromatic heterocycles. The average molecular weight is 258 g/mol. The second kappa shape index (κ2) is 6.17. The van der Waals surface area contributed by atoms with E-state index in [0.717, 1.165) is 10.9 Å². The summed E-state index contributed by atoms with van der Waals surface area (Å²) in [5.41, 5.74) is 1.31. The fourth-order valence-electron chi connectivity index (χ4n) is 1.36. The van der Waals surface area contributed by atoms with E-state index in [1.54, 1.807) is 0 Å². The summed E-state index contributed by atoms with van der Waals surface area (Å²) in [6.45, 7) is 2.99. The molecule has 0 radical (unpaired) electrons. The highest BCUT2D eigenvalue weighted by molar-refractivity contribution is 9.10. The molecule has 78 valence electrons. The number of rotatable bonds is 5. The fourth-order valence-corrected chi connectivity index (χ4v) is 1.62. The zero-order chi connectivity index (χ0) is 10.4. The lowest BCUT2D eigenvalue weighted by Crippen LogP contribution is -2.30. The minimum Gasteiger partial charge on any atom is -0.395 e. The second-order valence-electron chi connectivity index (χ2n) is 3.41. The molecular weight excluding hydrogens is 242 g/mol. The lowest BCUT2D eigenvalue weighted by atomic mass is 10.1. The Kier molecular flexibility index (Phi) is 5.15. The monoisotopic (exact) mass is 257 g/mol. The van der Waals surface area contributed by atoms with Gasteiger partial charge in [-0.25, -0.2) is 0 Å². The van der Waals surface area contributed by atoms with Crippen LogP contribution in [0.3, 0.4) is 0 Å². The maximum atomic E-state index is 8.65. The maximum Gasteiger partial charge on any atom is 0.0556 e. The van der Waals surface area contributed by atoms with Crippen LogP contribution in [0.2, 0.25) is 0 Å². The van der Waals surface area contributed by atoms with E-state index in [9.17, 15) is 0 Å². The first-order valence-corrected chi connectivity index (χ1v) is 5.60. The van der Waals surface area contributed by atoms with Crippen molar-refractivity contribution in [2.75, 3.05) is 13.2 Å². The molecule has 0 amide bonds. The highest BCUT2D eigenvalue weighted by Crippen LogP contribution is 2.11. The van der Waals surface area contributed by atoms with Gasteiger partial charge in [-0.1, -0.05) is 28.1 Å². The first kappa shape index (κ1) is 11.7. The molecule has 3 heteroatoms. The summed E-state index contributed by atoms with van der Waals surface area (Å²) in [4.78, 5) is 0. The van der Waals surface area contributed by atoms with Gasteiger partial charge in [-0.3, -0.25) is 0 Å². The van der Waals surface area contributed by atoms with Gasteiger partial charge in [-0.2, -0.15) is 0 Å². The van der Waals surface area contributed by atoms with Gasteiger partial charge >= 0.3 is 0 Å². The highest BCUT2D eigenvalue weighted by atomic mass is 79.9. The molecule has 0 aliphatic carbocycles. The van der Waals surface area contributed by atoms with Crippen molar-refractivity contribution in [2.24, 2.45) is 0 Å². The molecule has 0 aliphatic rings. The van der Waals surface area contributed by atoms with E-state index in [-0.39, 0.29) is 6.61 Å². The van der Waals surface area contributed by atoms with Crippen molar-refractivity contribution in [3.05, 3.63) is 34.3 Å². The first-order chi connectivity index (χ1) is 6.72. The Morgan fingerprint density at radius 1 is 1.36 bits per heavy atom. The zero-order valence-corrected chi connectivity index (χ0v) is 9.92. The molecule has 1 aromatic rings.